The zero-order chi connectivity index (χ0) is 13.5. The number of anilines is 1. The van der Waals surface area contributed by atoms with Crippen molar-refractivity contribution in [3.8, 4) is 11.1 Å². The molecule has 1 unspecified atom stereocenters. The van der Waals surface area contributed by atoms with Gasteiger partial charge in [-0.25, -0.2) is 0 Å². The third kappa shape index (κ3) is 1.70. The Labute approximate surface area is 125 Å². The summed E-state index contributed by atoms with van der Waals surface area (Å²) in [4.78, 5) is 5.09. The van der Waals surface area contributed by atoms with Crippen LogP contribution in [-0.4, -0.2) is 30.3 Å². The van der Waals surface area contributed by atoms with Crippen molar-refractivity contribution in [2.75, 3.05) is 30.3 Å². The molecule has 20 heavy (non-hydrogen) atoms. The van der Waals surface area contributed by atoms with Crippen LogP contribution in [-0.2, 0) is 0 Å². The largest absolute Gasteiger partial charge is 0.350 e. The standard InChI is InChI=1S/C17H18N2S/c20-12-11-18-9-10-19-16-8-4-3-6-14(16)13-5-1-2-7-15(13)17(18)19/h1-8,17,20H,9-12H2. The van der Waals surface area contributed by atoms with Gasteiger partial charge in [-0.05, 0) is 17.2 Å². The van der Waals surface area contributed by atoms with Crippen LogP contribution in [0.4, 0.5) is 5.69 Å². The van der Waals surface area contributed by atoms with E-state index in [0.29, 0.717) is 6.17 Å². The second-order valence-corrected chi connectivity index (χ2v) is 5.88. The van der Waals surface area contributed by atoms with Crippen LogP contribution in [0, 0.1) is 0 Å². The molecule has 102 valence electrons. The zero-order valence-electron chi connectivity index (χ0n) is 11.4. The minimum absolute atomic E-state index is 0.383. The number of rotatable bonds is 2. The van der Waals surface area contributed by atoms with Gasteiger partial charge >= 0.3 is 0 Å². The van der Waals surface area contributed by atoms with Gasteiger partial charge < -0.3 is 4.90 Å². The molecule has 2 aromatic carbocycles. The van der Waals surface area contributed by atoms with Crippen LogP contribution in [0.2, 0.25) is 0 Å². The third-order valence-corrected chi connectivity index (χ3v) is 4.60. The molecule has 1 fully saturated rings. The maximum absolute atomic E-state index is 4.42. The van der Waals surface area contributed by atoms with Gasteiger partial charge in [0.05, 0.1) is 0 Å². The predicted octanol–water partition coefficient (Wildman–Crippen LogP) is 3.42. The molecule has 0 saturated carbocycles. The molecule has 0 radical (unpaired) electrons. The molecule has 1 atom stereocenters. The number of fused-ring (bicyclic) bond motifs is 6. The zero-order valence-corrected chi connectivity index (χ0v) is 12.3. The summed E-state index contributed by atoms with van der Waals surface area (Å²) in [5, 5.41) is 0. The minimum Gasteiger partial charge on any atom is -0.350 e. The molecule has 0 N–H and O–H groups in total. The Morgan fingerprint density at radius 3 is 2.55 bits per heavy atom. The van der Waals surface area contributed by atoms with Crippen molar-refractivity contribution in [1.82, 2.24) is 4.90 Å². The van der Waals surface area contributed by atoms with Crippen molar-refractivity contribution in [3.63, 3.8) is 0 Å². The van der Waals surface area contributed by atoms with E-state index in [4.69, 9.17) is 0 Å². The Balaban J connectivity index is 1.91. The Kier molecular flexibility index (Phi) is 2.97. The molecule has 2 aliphatic rings. The third-order valence-electron chi connectivity index (χ3n) is 4.40. The highest BCUT2D eigenvalue weighted by molar-refractivity contribution is 7.80. The van der Waals surface area contributed by atoms with Gasteiger partial charge in [-0.1, -0.05) is 42.5 Å². The van der Waals surface area contributed by atoms with Gasteiger partial charge in [0.2, 0.25) is 0 Å². The molecule has 1 saturated heterocycles. The summed E-state index contributed by atoms with van der Waals surface area (Å²) >= 11 is 4.42. The lowest BCUT2D eigenvalue weighted by Gasteiger charge is -2.38. The average Bonchev–Trinajstić information content (AvgIpc) is 2.92. The minimum atomic E-state index is 0.383. The quantitative estimate of drug-likeness (QED) is 0.843. The van der Waals surface area contributed by atoms with E-state index in [1.807, 2.05) is 0 Å². The van der Waals surface area contributed by atoms with E-state index in [9.17, 15) is 0 Å². The van der Waals surface area contributed by atoms with E-state index >= 15 is 0 Å². The molecule has 4 rings (SSSR count). The van der Waals surface area contributed by atoms with Crippen LogP contribution in [0.1, 0.15) is 11.7 Å². The van der Waals surface area contributed by atoms with Crippen molar-refractivity contribution in [2.24, 2.45) is 0 Å². The summed E-state index contributed by atoms with van der Waals surface area (Å²) < 4.78 is 0. The summed E-state index contributed by atoms with van der Waals surface area (Å²) in [7, 11) is 0. The van der Waals surface area contributed by atoms with Crippen LogP contribution < -0.4 is 4.90 Å². The maximum Gasteiger partial charge on any atom is 0.109 e. The van der Waals surface area contributed by atoms with E-state index < -0.39 is 0 Å². The van der Waals surface area contributed by atoms with E-state index in [-0.39, 0.29) is 0 Å². The molecule has 2 heterocycles. The van der Waals surface area contributed by atoms with E-state index in [1.54, 1.807) is 0 Å². The van der Waals surface area contributed by atoms with Crippen molar-refractivity contribution < 1.29 is 0 Å². The van der Waals surface area contributed by atoms with E-state index in [1.165, 1.54) is 22.4 Å². The summed E-state index contributed by atoms with van der Waals surface area (Å²) in [5.74, 6) is 0.911. The molecule has 0 aliphatic carbocycles. The Hall–Kier alpha value is -1.45. The molecule has 0 spiro atoms. The van der Waals surface area contributed by atoms with Gasteiger partial charge in [-0.2, -0.15) is 12.6 Å². The number of nitrogens with zero attached hydrogens (tertiary/aromatic N) is 2. The lowest BCUT2D eigenvalue weighted by molar-refractivity contribution is 0.275. The van der Waals surface area contributed by atoms with E-state index in [0.717, 1.165) is 25.4 Å². The Bertz CT molecular complexity index is 640. The first kappa shape index (κ1) is 12.3. The van der Waals surface area contributed by atoms with Gasteiger partial charge in [0.25, 0.3) is 0 Å². The molecule has 2 aliphatic heterocycles. The summed E-state index contributed by atoms with van der Waals surface area (Å²) in [6, 6.07) is 17.6. The fourth-order valence-electron chi connectivity index (χ4n) is 3.58. The van der Waals surface area contributed by atoms with E-state index in [2.05, 4.69) is 71.0 Å². The molecule has 3 heteroatoms. The lowest BCUT2D eigenvalue weighted by atomic mass is 9.91. The van der Waals surface area contributed by atoms with Crippen molar-refractivity contribution in [3.05, 3.63) is 54.1 Å². The number of benzene rings is 2. The SMILES string of the molecule is SCCN1CCN2c3ccccc3-c3ccccc3C12. The second-order valence-electron chi connectivity index (χ2n) is 5.43. The average molecular weight is 282 g/mol. The molecule has 2 nitrogen and oxygen atoms in total. The van der Waals surface area contributed by atoms with Crippen LogP contribution >= 0.6 is 12.6 Å². The monoisotopic (exact) mass is 282 g/mol. The van der Waals surface area contributed by atoms with Gasteiger partial charge in [-0.15, -0.1) is 0 Å². The van der Waals surface area contributed by atoms with Gasteiger partial charge in [0.15, 0.2) is 0 Å². The fourth-order valence-corrected chi connectivity index (χ4v) is 3.83. The Morgan fingerprint density at radius 1 is 0.950 bits per heavy atom. The molecule has 0 bridgehead atoms. The smallest absolute Gasteiger partial charge is 0.109 e. The second kappa shape index (κ2) is 4.83. The lowest BCUT2D eigenvalue weighted by Crippen LogP contribution is -2.34. The number of thiol groups is 1. The molecular weight excluding hydrogens is 264 g/mol. The van der Waals surface area contributed by atoms with Crippen LogP contribution in [0.25, 0.3) is 11.1 Å². The highest BCUT2D eigenvalue weighted by Crippen LogP contribution is 2.47. The summed E-state index contributed by atoms with van der Waals surface area (Å²) in [6.45, 7) is 3.26. The first-order valence-corrected chi connectivity index (χ1v) is 7.83. The van der Waals surface area contributed by atoms with Crippen molar-refractivity contribution in [2.45, 2.75) is 6.17 Å². The molecule has 2 aromatic rings. The number of hydrogen-bond acceptors (Lipinski definition) is 3. The Morgan fingerprint density at radius 2 is 1.70 bits per heavy atom. The van der Waals surface area contributed by atoms with Crippen molar-refractivity contribution >= 4 is 18.3 Å². The number of hydrogen-bond donors (Lipinski definition) is 1. The van der Waals surface area contributed by atoms with Gasteiger partial charge in [0, 0.05) is 36.6 Å². The van der Waals surface area contributed by atoms with Crippen molar-refractivity contribution in [1.29, 1.82) is 0 Å². The van der Waals surface area contributed by atoms with Gasteiger partial charge in [-0.3, -0.25) is 4.90 Å². The van der Waals surface area contributed by atoms with Crippen LogP contribution in [0.3, 0.4) is 0 Å². The maximum atomic E-state index is 4.42. The fraction of sp³-hybridized carbons (Fsp3) is 0.294. The normalized spacial score (nSPS) is 20.4. The summed E-state index contributed by atoms with van der Waals surface area (Å²) in [6.07, 6.45) is 0.383. The molecule has 0 amide bonds. The molecular formula is C17H18N2S. The summed E-state index contributed by atoms with van der Waals surface area (Å²) in [5.41, 5.74) is 5.56. The van der Waals surface area contributed by atoms with Crippen LogP contribution in [0.15, 0.2) is 48.5 Å². The highest BCUT2D eigenvalue weighted by Gasteiger charge is 2.38. The van der Waals surface area contributed by atoms with Crippen LogP contribution in [0.5, 0.6) is 0 Å². The van der Waals surface area contributed by atoms with Gasteiger partial charge in [0.1, 0.15) is 6.17 Å². The first-order chi connectivity index (χ1) is 9.90. The highest BCUT2D eigenvalue weighted by atomic mass is 32.1. The topological polar surface area (TPSA) is 6.48 Å². The number of para-hydroxylation sites is 1. The first-order valence-electron chi connectivity index (χ1n) is 7.20. The predicted molar refractivity (Wildman–Crippen MR) is 87.4 cm³/mol. The molecule has 0 aromatic heterocycles.